The second kappa shape index (κ2) is 22.0. The number of nitrogens with one attached hydrogen (secondary N) is 2. The van der Waals surface area contributed by atoms with Crippen molar-refractivity contribution >= 4 is 0 Å². The highest BCUT2D eigenvalue weighted by atomic mass is 15.1. The quantitative estimate of drug-likeness (QED) is 0.0996. The minimum atomic E-state index is 0.184. The highest BCUT2D eigenvalue weighted by molar-refractivity contribution is 5.15. The van der Waals surface area contributed by atoms with Gasteiger partial charge >= 0.3 is 0 Å². The summed E-state index contributed by atoms with van der Waals surface area (Å²) in [6.07, 6.45) is 17.4. The highest BCUT2D eigenvalue weighted by Gasteiger charge is 2.21. The number of unbranched alkanes of at least 4 members (excludes halogenated alkanes) is 3. The van der Waals surface area contributed by atoms with Crippen molar-refractivity contribution in [3.05, 3.63) is 61.0 Å². The van der Waals surface area contributed by atoms with E-state index in [1.165, 1.54) is 23.1 Å². The Labute approximate surface area is 246 Å². The Morgan fingerprint density at radius 3 is 1.79 bits per heavy atom. The predicted molar refractivity (Wildman–Crippen MR) is 180 cm³/mol. The third kappa shape index (κ3) is 23.8. The molecule has 39 heavy (non-hydrogen) atoms. The van der Waals surface area contributed by atoms with E-state index in [9.17, 15) is 0 Å². The summed E-state index contributed by atoms with van der Waals surface area (Å²) in [5.74, 6) is 0.867. The van der Waals surface area contributed by atoms with Gasteiger partial charge in [0.25, 0.3) is 0 Å². The first-order chi connectivity index (χ1) is 18.2. The Balaban J connectivity index is 0. The number of nitrogens with two attached hydrogens (primary N) is 1. The van der Waals surface area contributed by atoms with E-state index in [0.717, 1.165) is 83.0 Å². The third-order valence-electron chi connectivity index (χ3n) is 6.47. The van der Waals surface area contributed by atoms with E-state index < -0.39 is 0 Å². The Kier molecular flexibility index (Phi) is 22.2. The molecule has 0 spiro atoms. The molecular weight excluding hydrogens is 474 g/mol. The van der Waals surface area contributed by atoms with Gasteiger partial charge in [0.1, 0.15) is 0 Å². The smallest absolute Gasteiger partial charge is 0.0921 e. The summed E-state index contributed by atoms with van der Waals surface area (Å²) in [5.41, 5.74) is 10.1. The van der Waals surface area contributed by atoms with Crippen molar-refractivity contribution in [2.75, 3.05) is 6.54 Å². The molecule has 2 atom stereocenters. The lowest BCUT2D eigenvalue weighted by Gasteiger charge is -2.31. The van der Waals surface area contributed by atoms with Gasteiger partial charge < -0.3 is 16.4 Å². The lowest BCUT2D eigenvalue weighted by Crippen LogP contribution is -2.41. The van der Waals surface area contributed by atoms with Crippen molar-refractivity contribution in [3.63, 3.8) is 0 Å². The van der Waals surface area contributed by atoms with Crippen LogP contribution in [0.4, 0.5) is 0 Å². The van der Waals surface area contributed by atoms with Crippen LogP contribution >= 0.6 is 0 Å². The molecule has 1 unspecified atom stereocenters. The van der Waals surface area contributed by atoms with Crippen molar-refractivity contribution in [3.8, 4) is 0 Å². The zero-order valence-electron chi connectivity index (χ0n) is 27.9. The van der Waals surface area contributed by atoms with Crippen molar-refractivity contribution in [1.29, 1.82) is 0 Å². The van der Waals surface area contributed by atoms with Crippen molar-refractivity contribution in [2.24, 2.45) is 16.6 Å². The molecule has 0 aromatic rings. The molecule has 0 bridgehead atoms. The van der Waals surface area contributed by atoms with E-state index >= 15 is 0 Å². The van der Waals surface area contributed by atoms with Crippen LogP contribution in [0.15, 0.2) is 61.0 Å². The van der Waals surface area contributed by atoms with Crippen molar-refractivity contribution < 1.29 is 0 Å². The second-order valence-corrected chi connectivity index (χ2v) is 13.4. The molecule has 4 N–H and O–H groups in total. The first kappa shape index (κ1) is 39.4. The highest BCUT2D eigenvalue weighted by Crippen LogP contribution is 2.28. The van der Waals surface area contributed by atoms with Crippen LogP contribution in [-0.4, -0.2) is 18.6 Å². The van der Waals surface area contributed by atoms with Gasteiger partial charge in [0, 0.05) is 12.1 Å². The molecule has 0 fully saturated rings. The normalized spacial score (nSPS) is 13.3. The molecule has 0 aromatic heterocycles. The van der Waals surface area contributed by atoms with E-state index in [0.29, 0.717) is 0 Å². The molecule has 0 aliphatic carbocycles. The van der Waals surface area contributed by atoms with Gasteiger partial charge in [-0.05, 0) is 94.4 Å². The summed E-state index contributed by atoms with van der Waals surface area (Å²) in [4.78, 5) is 0. The molecule has 3 nitrogen and oxygen atoms in total. The van der Waals surface area contributed by atoms with E-state index in [1.54, 1.807) is 0 Å². The number of hydrogen-bond donors (Lipinski definition) is 3. The van der Waals surface area contributed by atoms with Gasteiger partial charge in [-0.3, -0.25) is 0 Å². The molecule has 3 heteroatoms. The zero-order chi connectivity index (χ0) is 30.5. The lowest BCUT2D eigenvalue weighted by molar-refractivity contribution is 0.383. The largest absolute Gasteiger partial charge is 0.366 e. The lowest BCUT2D eigenvalue weighted by atomic mass is 9.84. The van der Waals surface area contributed by atoms with Gasteiger partial charge in [0.05, 0.1) is 5.82 Å². The molecule has 0 amide bonds. The fraction of sp³-hybridized carbons (Fsp3) is 0.722. The molecule has 0 heterocycles. The van der Waals surface area contributed by atoms with Crippen LogP contribution in [-0.2, 0) is 0 Å². The van der Waals surface area contributed by atoms with Gasteiger partial charge in [0.15, 0.2) is 0 Å². The topological polar surface area (TPSA) is 50.1 Å². The molecular formula is C36H69N3. The summed E-state index contributed by atoms with van der Waals surface area (Å²) in [6.45, 7) is 38.3. The monoisotopic (exact) mass is 544 g/mol. The van der Waals surface area contributed by atoms with Gasteiger partial charge in [-0.15, -0.1) is 0 Å². The molecule has 0 saturated carbocycles. The Morgan fingerprint density at radius 2 is 1.28 bits per heavy atom. The molecule has 0 aromatic carbocycles. The van der Waals surface area contributed by atoms with E-state index in [1.807, 2.05) is 13.8 Å². The summed E-state index contributed by atoms with van der Waals surface area (Å²) in [6, 6.07) is 0.379. The van der Waals surface area contributed by atoms with E-state index in [4.69, 9.17) is 5.73 Å². The van der Waals surface area contributed by atoms with E-state index in [-0.39, 0.29) is 22.9 Å². The van der Waals surface area contributed by atoms with Crippen LogP contribution < -0.4 is 16.4 Å². The van der Waals surface area contributed by atoms with Crippen LogP contribution in [0.3, 0.4) is 0 Å². The van der Waals surface area contributed by atoms with Crippen molar-refractivity contribution in [1.82, 2.24) is 10.6 Å². The minimum Gasteiger partial charge on any atom is -0.366 e. The zero-order valence-corrected chi connectivity index (χ0v) is 27.9. The number of allylic oxidation sites excluding steroid dienone is 3. The Morgan fingerprint density at radius 1 is 0.718 bits per heavy atom. The SMILES string of the molecule is C=C(CC[C@H](NC(=C)NC(CCCCN)C(=C)CC(C)(C)C)C(=C)CCCC/C=C\CC)CC(C)(C)C.CC. The number of hydrogen-bond acceptors (Lipinski definition) is 3. The third-order valence-corrected chi connectivity index (χ3v) is 6.47. The fourth-order valence-electron chi connectivity index (χ4n) is 4.78. The average Bonchev–Trinajstić information content (AvgIpc) is 2.82. The Bertz CT molecular complexity index is 715. The van der Waals surface area contributed by atoms with Crippen LogP contribution in [0.25, 0.3) is 0 Å². The van der Waals surface area contributed by atoms with Gasteiger partial charge in [-0.25, -0.2) is 0 Å². The van der Waals surface area contributed by atoms with Crippen LogP contribution in [0, 0.1) is 10.8 Å². The maximum atomic E-state index is 5.77. The standard InChI is InChI=1S/C34H63N3.C2H6/c1-12-13-14-15-16-17-20-28(3)32(23-22-27(2)25-33(6,7)8)37-30(5)36-31(21-18-19-24-35)29(4)26-34(9,10)11;1-2/h13-14,31-32,36-37H,2-5,12,15-26,35H2,1,6-11H3;1-2H3/b14-13-;/t31?,32-;/m0./s1. The molecule has 0 radical (unpaired) electrons. The molecule has 0 aliphatic heterocycles. The maximum Gasteiger partial charge on any atom is 0.0921 e. The van der Waals surface area contributed by atoms with E-state index in [2.05, 4.69) is 97.6 Å². The predicted octanol–water partition coefficient (Wildman–Crippen LogP) is 10.4. The maximum absolute atomic E-state index is 5.77. The van der Waals surface area contributed by atoms with Gasteiger partial charge in [-0.1, -0.05) is 118 Å². The molecule has 0 saturated heterocycles. The molecule has 0 rings (SSSR count). The van der Waals surface area contributed by atoms with Gasteiger partial charge in [-0.2, -0.15) is 0 Å². The van der Waals surface area contributed by atoms with Crippen molar-refractivity contribution in [2.45, 2.75) is 151 Å². The van der Waals surface area contributed by atoms with Crippen LogP contribution in [0.2, 0.25) is 0 Å². The second-order valence-electron chi connectivity index (χ2n) is 13.4. The first-order valence-corrected chi connectivity index (χ1v) is 15.8. The summed E-state index contributed by atoms with van der Waals surface area (Å²) in [5, 5.41) is 7.39. The summed E-state index contributed by atoms with van der Waals surface area (Å²) >= 11 is 0. The molecule has 0 aliphatic rings. The van der Waals surface area contributed by atoms with Crippen LogP contribution in [0.5, 0.6) is 0 Å². The average molecular weight is 544 g/mol. The summed E-state index contributed by atoms with van der Waals surface area (Å²) in [7, 11) is 0. The van der Waals surface area contributed by atoms with Gasteiger partial charge in [0.2, 0.25) is 0 Å². The Hall–Kier alpha value is -1.74. The first-order valence-electron chi connectivity index (χ1n) is 15.8. The fourth-order valence-corrected chi connectivity index (χ4v) is 4.78. The molecule has 228 valence electrons. The number of rotatable bonds is 21. The minimum absolute atomic E-state index is 0.184. The van der Waals surface area contributed by atoms with Crippen LogP contribution in [0.1, 0.15) is 139 Å². The summed E-state index contributed by atoms with van der Waals surface area (Å²) < 4.78 is 0.